The second-order valence-corrected chi connectivity index (χ2v) is 9.86. The van der Waals surface area contributed by atoms with Gasteiger partial charge in [0.1, 0.15) is 0 Å². The Morgan fingerprint density at radius 3 is 2.46 bits per heavy atom. The van der Waals surface area contributed by atoms with Gasteiger partial charge in [-0.15, -0.1) is 0 Å². The highest BCUT2D eigenvalue weighted by molar-refractivity contribution is 9.10. The zero-order valence-corrected chi connectivity index (χ0v) is 17.6. The van der Waals surface area contributed by atoms with Crippen molar-refractivity contribution in [1.29, 1.82) is 0 Å². The van der Waals surface area contributed by atoms with Gasteiger partial charge >= 0.3 is 0 Å². The zero-order chi connectivity index (χ0) is 20.1. The fourth-order valence-electron chi connectivity index (χ4n) is 3.24. The van der Waals surface area contributed by atoms with E-state index in [9.17, 15) is 18.0 Å². The van der Waals surface area contributed by atoms with Crippen LogP contribution in [-0.4, -0.2) is 32.0 Å². The monoisotopic (exact) mass is 464 g/mol. The summed E-state index contributed by atoms with van der Waals surface area (Å²) >= 11 is 3.29. The smallest absolute Gasteiger partial charge is 0.251 e. The Morgan fingerprint density at radius 2 is 1.75 bits per heavy atom. The van der Waals surface area contributed by atoms with Crippen molar-refractivity contribution in [1.82, 2.24) is 5.32 Å². The Morgan fingerprint density at radius 1 is 1.04 bits per heavy atom. The van der Waals surface area contributed by atoms with Crippen LogP contribution in [0.2, 0.25) is 0 Å². The van der Waals surface area contributed by atoms with Crippen LogP contribution in [0.25, 0.3) is 0 Å². The number of sulfone groups is 1. The van der Waals surface area contributed by atoms with E-state index in [2.05, 4.69) is 26.6 Å². The summed E-state index contributed by atoms with van der Waals surface area (Å²) in [7, 11) is -3.39. The number of amides is 2. The average molecular weight is 465 g/mol. The highest BCUT2D eigenvalue weighted by atomic mass is 79.9. The van der Waals surface area contributed by atoms with E-state index in [0.717, 1.165) is 17.3 Å². The van der Waals surface area contributed by atoms with Crippen LogP contribution < -0.4 is 10.6 Å². The van der Waals surface area contributed by atoms with E-state index in [1.54, 1.807) is 42.5 Å². The molecular weight excluding hydrogens is 444 g/mol. The predicted molar refractivity (Wildman–Crippen MR) is 111 cm³/mol. The number of anilines is 1. The maximum absolute atomic E-state index is 12.7. The fourth-order valence-corrected chi connectivity index (χ4v) is 5.54. The molecular formula is C20H21BrN2O4S. The molecule has 3 rings (SSSR count). The van der Waals surface area contributed by atoms with Crippen LogP contribution in [0.5, 0.6) is 0 Å². The zero-order valence-electron chi connectivity index (χ0n) is 15.2. The number of carbonyl (C=O) groups excluding carboxylic acids is 2. The first kappa shape index (κ1) is 20.5. The normalized spacial score (nSPS) is 14.6. The molecule has 1 saturated carbocycles. The molecule has 8 heteroatoms. The molecule has 2 amide bonds. The van der Waals surface area contributed by atoms with Crippen LogP contribution in [0.3, 0.4) is 0 Å². The lowest BCUT2D eigenvalue weighted by Gasteiger charge is -2.13. The number of halogens is 1. The molecule has 2 aromatic rings. The minimum atomic E-state index is -3.39. The second kappa shape index (κ2) is 8.87. The molecule has 0 radical (unpaired) electrons. The summed E-state index contributed by atoms with van der Waals surface area (Å²) in [6.07, 6.45) is 3.22. The SMILES string of the molecule is O=C(CNC(=O)c1cccc(Br)c1)Nc1cccc(S(=O)(=O)C2CCCC2)c1. The minimum absolute atomic E-state index is 0.217. The van der Waals surface area contributed by atoms with Gasteiger partial charge in [0.05, 0.1) is 16.7 Å². The average Bonchev–Trinajstić information content (AvgIpc) is 3.22. The highest BCUT2D eigenvalue weighted by Crippen LogP contribution is 2.30. The molecule has 0 heterocycles. The van der Waals surface area contributed by atoms with E-state index in [1.165, 1.54) is 6.07 Å². The van der Waals surface area contributed by atoms with E-state index < -0.39 is 15.7 Å². The molecule has 0 atom stereocenters. The third kappa shape index (κ3) is 4.99. The van der Waals surface area contributed by atoms with Crippen molar-refractivity contribution >= 4 is 43.3 Å². The van der Waals surface area contributed by atoms with Crippen molar-refractivity contribution in [3.63, 3.8) is 0 Å². The maximum Gasteiger partial charge on any atom is 0.251 e. The van der Waals surface area contributed by atoms with Gasteiger partial charge in [-0.3, -0.25) is 9.59 Å². The molecule has 1 aliphatic carbocycles. The molecule has 2 N–H and O–H groups in total. The Bertz CT molecular complexity index is 985. The Labute approximate surface area is 172 Å². The van der Waals surface area contributed by atoms with E-state index in [-0.39, 0.29) is 22.6 Å². The van der Waals surface area contributed by atoms with Crippen molar-refractivity contribution in [2.24, 2.45) is 0 Å². The summed E-state index contributed by atoms with van der Waals surface area (Å²) in [6, 6.07) is 13.1. The second-order valence-electron chi connectivity index (χ2n) is 6.72. The van der Waals surface area contributed by atoms with Gasteiger partial charge in [-0.2, -0.15) is 0 Å². The van der Waals surface area contributed by atoms with Crippen molar-refractivity contribution in [2.45, 2.75) is 35.8 Å². The van der Waals surface area contributed by atoms with Gasteiger partial charge in [0, 0.05) is 15.7 Å². The van der Waals surface area contributed by atoms with Crippen LogP contribution in [0.1, 0.15) is 36.0 Å². The summed E-state index contributed by atoms with van der Waals surface area (Å²) in [5.41, 5.74) is 0.826. The molecule has 0 aromatic heterocycles. The third-order valence-corrected chi connectivity index (χ3v) is 7.44. The van der Waals surface area contributed by atoms with Crippen LogP contribution >= 0.6 is 15.9 Å². The lowest BCUT2D eigenvalue weighted by molar-refractivity contribution is -0.115. The Hall–Kier alpha value is -2.19. The molecule has 1 fully saturated rings. The molecule has 2 aromatic carbocycles. The molecule has 0 bridgehead atoms. The van der Waals surface area contributed by atoms with Gasteiger partial charge in [0.2, 0.25) is 5.91 Å². The fraction of sp³-hybridized carbons (Fsp3) is 0.300. The topological polar surface area (TPSA) is 92.3 Å². The molecule has 28 heavy (non-hydrogen) atoms. The third-order valence-electron chi connectivity index (χ3n) is 4.68. The van der Waals surface area contributed by atoms with Crippen LogP contribution in [0.15, 0.2) is 57.9 Å². The number of hydrogen-bond acceptors (Lipinski definition) is 4. The summed E-state index contributed by atoms with van der Waals surface area (Å²) < 4.78 is 26.2. The van der Waals surface area contributed by atoms with Gasteiger partial charge < -0.3 is 10.6 Å². The number of hydrogen-bond donors (Lipinski definition) is 2. The number of rotatable bonds is 6. The first-order valence-corrected chi connectivity index (χ1v) is 11.4. The summed E-state index contributed by atoms with van der Waals surface area (Å²) in [5.74, 6) is -0.798. The number of carbonyl (C=O) groups is 2. The van der Waals surface area contributed by atoms with Gasteiger partial charge in [-0.05, 0) is 49.2 Å². The molecule has 1 aliphatic rings. The van der Waals surface area contributed by atoms with Gasteiger partial charge in [0.25, 0.3) is 5.91 Å². The van der Waals surface area contributed by atoms with E-state index >= 15 is 0 Å². The Balaban J connectivity index is 1.61. The molecule has 0 spiro atoms. The molecule has 148 valence electrons. The van der Waals surface area contributed by atoms with Gasteiger partial charge in [0.15, 0.2) is 9.84 Å². The number of benzene rings is 2. The number of nitrogens with one attached hydrogen (secondary N) is 2. The van der Waals surface area contributed by atoms with Crippen LogP contribution in [0, 0.1) is 0 Å². The van der Waals surface area contributed by atoms with E-state index in [0.29, 0.717) is 24.1 Å². The maximum atomic E-state index is 12.7. The van der Waals surface area contributed by atoms with Crippen molar-refractivity contribution in [3.05, 3.63) is 58.6 Å². The predicted octanol–water partition coefficient (Wildman–Crippen LogP) is 3.53. The first-order chi connectivity index (χ1) is 13.4. The Kier molecular flexibility index (Phi) is 6.51. The summed E-state index contributed by atoms with van der Waals surface area (Å²) in [4.78, 5) is 24.5. The highest BCUT2D eigenvalue weighted by Gasteiger charge is 2.30. The first-order valence-electron chi connectivity index (χ1n) is 9.04. The minimum Gasteiger partial charge on any atom is -0.343 e. The van der Waals surface area contributed by atoms with Crippen molar-refractivity contribution in [3.8, 4) is 0 Å². The van der Waals surface area contributed by atoms with Crippen molar-refractivity contribution < 1.29 is 18.0 Å². The lowest BCUT2D eigenvalue weighted by atomic mass is 10.2. The molecule has 6 nitrogen and oxygen atoms in total. The summed E-state index contributed by atoms with van der Waals surface area (Å²) in [5, 5.41) is 4.84. The standard InChI is InChI=1S/C20H21BrN2O4S/c21-15-6-3-5-14(11-15)20(25)22-13-19(24)23-16-7-4-10-18(12-16)28(26,27)17-8-1-2-9-17/h3-7,10-12,17H,1-2,8-9,13H2,(H,22,25)(H,23,24). The van der Waals surface area contributed by atoms with Crippen LogP contribution in [-0.2, 0) is 14.6 Å². The van der Waals surface area contributed by atoms with E-state index in [1.807, 2.05) is 0 Å². The van der Waals surface area contributed by atoms with Gasteiger partial charge in [-0.25, -0.2) is 8.42 Å². The van der Waals surface area contributed by atoms with Crippen molar-refractivity contribution in [2.75, 3.05) is 11.9 Å². The summed E-state index contributed by atoms with van der Waals surface area (Å²) in [6.45, 7) is -0.217. The lowest BCUT2D eigenvalue weighted by Crippen LogP contribution is -2.32. The molecule has 0 unspecified atom stereocenters. The van der Waals surface area contributed by atoms with Gasteiger partial charge in [-0.1, -0.05) is 40.9 Å². The van der Waals surface area contributed by atoms with E-state index in [4.69, 9.17) is 0 Å². The van der Waals surface area contributed by atoms with Crippen LogP contribution in [0.4, 0.5) is 5.69 Å². The molecule has 0 saturated heterocycles. The largest absolute Gasteiger partial charge is 0.343 e. The molecule has 0 aliphatic heterocycles. The quantitative estimate of drug-likeness (QED) is 0.683.